The molecule has 0 radical (unpaired) electrons. The summed E-state index contributed by atoms with van der Waals surface area (Å²) in [5, 5.41) is 0.921. The van der Waals surface area contributed by atoms with Crippen LogP contribution in [0.3, 0.4) is 0 Å². The molecule has 3 rings (SSSR count). The van der Waals surface area contributed by atoms with E-state index in [0.29, 0.717) is 17.3 Å². The molecule has 1 heterocycles. The number of benzene rings is 1. The summed E-state index contributed by atoms with van der Waals surface area (Å²) in [7, 11) is 0. The van der Waals surface area contributed by atoms with Crippen molar-refractivity contribution in [3.05, 3.63) is 36.0 Å². The van der Waals surface area contributed by atoms with Gasteiger partial charge < -0.3 is 5.73 Å². The first kappa shape index (κ1) is 14.1. The fourth-order valence-electron chi connectivity index (χ4n) is 3.56. The van der Waals surface area contributed by atoms with Gasteiger partial charge in [0, 0.05) is 17.0 Å². The molecule has 0 aliphatic heterocycles. The van der Waals surface area contributed by atoms with Crippen LogP contribution >= 0.6 is 0 Å². The highest BCUT2D eigenvalue weighted by Gasteiger charge is 2.31. The fourth-order valence-corrected chi connectivity index (χ4v) is 3.56. The molecule has 2 atom stereocenters. The van der Waals surface area contributed by atoms with Crippen LogP contribution < -0.4 is 5.73 Å². The fraction of sp³-hybridized carbons (Fsp3) is 0.444. The summed E-state index contributed by atoms with van der Waals surface area (Å²) in [5.74, 6) is 0.802. The number of fused-ring (bicyclic) bond motifs is 1. The van der Waals surface area contributed by atoms with Crippen molar-refractivity contribution in [2.75, 3.05) is 5.73 Å². The van der Waals surface area contributed by atoms with Crippen LogP contribution in [0.2, 0.25) is 0 Å². The first-order valence-electron chi connectivity index (χ1n) is 7.90. The van der Waals surface area contributed by atoms with Gasteiger partial charge in [-0.25, -0.2) is 4.98 Å². The molecule has 110 valence electrons. The number of hydrogen-bond acceptors (Lipinski definition) is 3. The summed E-state index contributed by atoms with van der Waals surface area (Å²) < 4.78 is 0. The number of nitrogens with zero attached hydrogens (tertiary/aromatic N) is 1. The second kappa shape index (κ2) is 5.84. The third kappa shape index (κ3) is 2.65. The molecule has 1 fully saturated rings. The van der Waals surface area contributed by atoms with Gasteiger partial charge in [-0.1, -0.05) is 44.4 Å². The predicted molar refractivity (Wildman–Crippen MR) is 86.2 cm³/mol. The third-order valence-corrected chi connectivity index (χ3v) is 4.77. The molecule has 2 unspecified atom stereocenters. The molecule has 1 aliphatic rings. The van der Waals surface area contributed by atoms with Crippen LogP contribution in [0.25, 0.3) is 10.9 Å². The highest BCUT2D eigenvalue weighted by atomic mass is 16.1. The van der Waals surface area contributed by atoms with Crippen LogP contribution in [0.1, 0.15) is 49.5 Å². The largest absolute Gasteiger partial charge is 0.398 e. The Balaban J connectivity index is 1.97. The molecule has 2 aromatic rings. The Labute approximate surface area is 125 Å². The number of hydrogen-bond donors (Lipinski definition) is 1. The minimum atomic E-state index is 0.122. The van der Waals surface area contributed by atoms with E-state index in [4.69, 9.17) is 5.73 Å². The molecule has 1 aromatic heterocycles. The van der Waals surface area contributed by atoms with Gasteiger partial charge in [-0.15, -0.1) is 0 Å². The number of carbonyl (C=O) groups is 1. The second-order valence-electron chi connectivity index (χ2n) is 6.04. The van der Waals surface area contributed by atoms with E-state index < -0.39 is 0 Å². The van der Waals surface area contributed by atoms with Crippen LogP contribution in [0.4, 0.5) is 5.69 Å². The lowest BCUT2D eigenvalue weighted by Crippen LogP contribution is -2.27. The van der Waals surface area contributed by atoms with Gasteiger partial charge in [0.2, 0.25) is 0 Å². The SMILES string of the molecule is CCC1CCCCC1C(=O)c1cc(N)c2ccccc2n1. The van der Waals surface area contributed by atoms with E-state index >= 15 is 0 Å². The lowest BCUT2D eigenvalue weighted by molar-refractivity contribution is 0.0815. The lowest BCUT2D eigenvalue weighted by atomic mass is 9.75. The predicted octanol–water partition coefficient (Wildman–Crippen LogP) is 4.22. The minimum absolute atomic E-state index is 0.122. The molecular weight excluding hydrogens is 260 g/mol. The summed E-state index contributed by atoms with van der Waals surface area (Å²) in [6.07, 6.45) is 5.62. The molecule has 3 nitrogen and oxygen atoms in total. The number of Topliss-reactive ketones (excluding diaryl/α,β-unsaturated/α-hetero) is 1. The molecule has 1 aliphatic carbocycles. The van der Waals surface area contributed by atoms with Crippen molar-refractivity contribution in [1.82, 2.24) is 4.98 Å². The first-order chi connectivity index (χ1) is 10.2. The number of carbonyl (C=O) groups excluding carboxylic acids is 1. The van der Waals surface area contributed by atoms with E-state index in [1.165, 1.54) is 6.42 Å². The van der Waals surface area contributed by atoms with Crippen LogP contribution in [-0.2, 0) is 0 Å². The quantitative estimate of drug-likeness (QED) is 0.858. The van der Waals surface area contributed by atoms with E-state index in [1.807, 2.05) is 24.3 Å². The zero-order valence-electron chi connectivity index (χ0n) is 12.5. The van der Waals surface area contributed by atoms with E-state index in [1.54, 1.807) is 6.07 Å². The number of nitrogen functional groups attached to an aromatic ring is 1. The number of para-hydroxylation sites is 1. The van der Waals surface area contributed by atoms with Crippen molar-refractivity contribution in [2.24, 2.45) is 11.8 Å². The Hall–Kier alpha value is -1.90. The summed E-state index contributed by atoms with van der Waals surface area (Å²) in [4.78, 5) is 17.4. The molecule has 2 N–H and O–H groups in total. The van der Waals surface area contributed by atoms with Crippen molar-refractivity contribution in [3.8, 4) is 0 Å². The number of pyridine rings is 1. The summed E-state index contributed by atoms with van der Waals surface area (Å²) in [6, 6.07) is 9.49. The number of ketones is 1. The second-order valence-corrected chi connectivity index (χ2v) is 6.04. The van der Waals surface area contributed by atoms with Gasteiger partial charge in [-0.3, -0.25) is 4.79 Å². The normalized spacial score (nSPS) is 22.3. The van der Waals surface area contributed by atoms with E-state index in [-0.39, 0.29) is 11.7 Å². The average molecular weight is 282 g/mol. The zero-order valence-corrected chi connectivity index (χ0v) is 12.5. The van der Waals surface area contributed by atoms with Gasteiger partial charge in [0.15, 0.2) is 5.78 Å². The van der Waals surface area contributed by atoms with Gasteiger partial charge in [0.1, 0.15) is 5.69 Å². The standard InChI is InChI=1S/C18H22N2O/c1-2-12-7-3-4-8-13(12)18(21)17-11-15(19)14-9-5-6-10-16(14)20-17/h5-6,9-13H,2-4,7-8H2,1H3,(H2,19,20). The Bertz CT molecular complexity index is 665. The van der Waals surface area contributed by atoms with E-state index in [9.17, 15) is 4.79 Å². The molecule has 21 heavy (non-hydrogen) atoms. The Morgan fingerprint density at radius 3 is 2.86 bits per heavy atom. The van der Waals surface area contributed by atoms with Crippen molar-refractivity contribution >= 4 is 22.4 Å². The smallest absolute Gasteiger partial charge is 0.184 e. The molecule has 3 heteroatoms. The van der Waals surface area contributed by atoms with Crippen molar-refractivity contribution < 1.29 is 4.79 Å². The van der Waals surface area contributed by atoms with Crippen molar-refractivity contribution in [3.63, 3.8) is 0 Å². The molecule has 1 saturated carbocycles. The molecule has 0 bridgehead atoms. The molecule has 0 saturated heterocycles. The molecule has 1 aromatic carbocycles. The number of rotatable bonds is 3. The Morgan fingerprint density at radius 2 is 2.05 bits per heavy atom. The highest BCUT2D eigenvalue weighted by molar-refractivity contribution is 6.01. The van der Waals surface area contributed by atoms with Crippen LogP contribution in [0, 0.1) is 11.8 Å². The summed E-state index contributed by atoms with van der Waals surface area (Å²) >= 11 is 0. The third-order valence-electron chi connectivity index (χ3n) is 4.77. The van der Waals surface area contributed by atoms with E-state index in [2.05, 4.69) is 11.9 Å². The highest BCUT2D eigenvalue weighted by Crippen LogP contribution is 2.35. The van der Waals surface area contributed by atoms with Crippen LogP contribution in [-0.4, -0.2) is 10.8 Å². The van der Waals surface area contributed by atoms with Gasteiger partial charge >= 0.3 is 0 Å². The minimum Gasteiger partial charge on any atom is -0.398 e. The van der Waals surface area contributed by atoms with Gasteiger partial charge in [-0.2, -0.15) is 0 Å². The maximum absolute atomic E-state index is 12.8. The maximum atomic E-state index is 12.8. The monoisotopic (exact) mass is 282 g/mol. The Kier molecular flexibility index (Phi) is 3.91. The number of anilines is 1. The molecule has 0 amide bonds. The van der Waals surface area contributed by atoms with Gasteiger partial charge in [0.05, 0.1) is 5.52 Å². The molecular formula is C18H22N2O. The van der Waals surface area contributed by atoms with E-state index in [0.717, 1.165) is 36.6 Å². The van der Waals surface area contributed by atoms with Crippen LogP contribution in [0.5, 0.6) is 0 Å². The number of nitrogens with two attached hydrogens (primary N) is 1. The zero-order chi connectivity index (χ0) is 14.8. The summed E-state index contributed by atoms with van der Waals surface area (Å²) in [6.45, 7) is 2.18. The number of aromatic nitrogens is 1. The molecule has 0 spiro atoms. The maximum Gasteiger partial charge on any atom is 0.184 e. The topological polar surface area (TPSA) is 56.0 Å². The summed E-state index contributed by atoms with van der Waals surface area (Å²) in [5.41, 5.74) is 8.09. The lowest BCUT2D eigenvalue weighted by Gasteiger charge is -2.29. The van der Waals surface area contributed by atoms with Crippen molar-refractivity contribution in [1.29, 1.82) is 0 Å². The average Bonchev–Trinajstić information content (AvgIpc) is 2.54. The van der Waals surface area contributed by atoms with Crippen molar-refractivity contribution in [2.45, 2.75) is 39.0 Å². The van der Waals surface area contributed by atoms with Crippen LogP contribution in [0.15, 0.2) is 30.3 Å². The first-order valence-corrected chi connectivity index (χ1v) is 7.90. The Morgan fingerprint density at radius 1 is 1.29 bits per heavy atom. The van der Waals surface area contributed by atoms with Gasteiger partial charge in [0.25, 0.3) is 0 Å². The van der Waals surface area contributed by atoms with Gasteiger partial charge in [-0.05, 0) is 30.9 Å².